The van der Waals surface area contributed by atoms with Crippen molar-refractivity contribution in [1.82, 2.24) is 9.84 Å². The molecule has 8 nitrogen and oxygen atoms in total. The van der Waals surface area contributed by atoms with Crippen molar-refractivity contribution in [2.24, 2.45) is 0 Å². The van der Waals surface area contributed by atoms with E-state index in [2.05, 4.69) is 9.57 Å². The minimum absolute atomic E-state index is 0.0739. The van der Waals surface area contributed by atoms with Crippen molar-refractivity contribution in [2.45, 2.75) is 18.3 Å². The van der Waals surface area contributed by atoms with Crippen LogP contribution in [0, 0.1) is 0 Å². The van der Waals surface area contributed by atoms with E-state index in [1.54, 1.807) is 30.3 Å². The van der Waals surface area contributed by atoms with E-state index >= 15 is 0 Å². The Labute approximate surface area is 134 Å². The van der Waals surface area contributed by atoms with Gasteiger partial charge in [-0.05, 0) is 5.56 Å². The molecule has 1 heterocycles. The maximum absolute atomic E-state index is 12.2. The number of carbonyl (C=O) groups is 2. The molecular formula is C14H18N2O6S. The van der Waals surface area contributed by atoms with Crippen LogP contribution < -0.4 is 4.83 Å². The second kappa shape index (κ2) is 7.53. The number of hydrogen-bond acceptors (Lipinski definition) is 6. The smallest absolute Gasteiger partial charge is 0.308 e. The quantitative estimate of drug-likeness (QED) is 0.719. The number of amides is 1. The van der Waals surface area contributed by atoms with Gasteiger partial charge in [0, 0.05) is 0 Å². The van der Waals surface area contributed by atoms with Crippen molar-refractivity contribution in [3.05, 3.63) is 35.9 Å². The Hall–Kier alpha value is -1.97. The van der Waals surface area contributed by atoms with E-state index in [0.717, 1.165) is 5.01 Å². The highest BCUT2D eigenvalue weighted by molar-refractivity contribution is 7.88. The van der Waals surface area contributed by atoms with Crippen LogP contribution in [0.4, 0.5) is 0 Å². The molecule has 0 radical (unpaired) electrons. The van der Waals surface area contributed by atoms with Crippen LogP contribution in [0.25, 0.3) is 0 Å². The second-order valence-electron chi connectivity index (χ2n) is 4.97. The second-order valence-corrected chi connectivity index (χ2v) is 6.67. The largest absolute Gasteiger partial charge is 0.469 e. The summed E-state index contributed by atoms with van der Waals surface area (Å²) >= 11 is 0. The number of esters is 1. The van der Waals surface area contributed by atoms with Crippen molar-refractivity contribution in [1.29, 1.82) is 0 Å². The standard InChI is InChI=1S/C14H18N2O6S/c1-21-13(17)9-12-14(18)16(7-8-22-12)15-23(19,20)10-11-5-3-2-4-6-11/h2-6,12,15H,7-10H2,1H3/t12-/m1/s1. The average molecular weight is 342 g/mol. The Bertz CT molecular complexity index is 661. The molecule has 1 fully saturated rings. The van der Waals surface area contributed by atoms with Crippen molar-refractivity contribution < 1.29 is 27.5 Å². The molecule has 0 spiro atoms. The summed E-state index contributed by atoms with van der Waals surface area (Å²) in [5.74, 6) is -1.46. The first-order valence-corrected chi connectivity index (χ1v) is 8.60. The minimum Gasteiger partial charge on any atom is -0.469 e. The van der Waals surface area contributed by atoms with E-state index in [0.29, 0.717) is 5.56 Å². The Morgan fingerprint density at radius 3 is 2.74 bits per heavy atom. The minimum atomic E-state index is -3.74. The molecule has 0 aliphatic carbocycles. The van der Waals surface area contributed by atoms with E-state index in [9.17, 15) is 18.0 Å². The van der Waals surface area contributed by atoms with Crippen molar-refractivity contribution in [3.8, 4) is 0 Å². The van der Waals surface area contributed by atoms with Gasteiger partial charge in [-0.1, -0.05) is 30.3 Å². The Kier molecular flexibility index (Phi) is 5.69. The SMILES string of the molecule is COC(=O)C[C@H]1OCCN(NS(=O)(=O)Cc2ccccc2)C1=O. The molecule has 1 atom stereocenters. The van der Waals surface area contributed by atoms with Gasteiger partial charge in [0.25, 0.3) is 5.91 Å². The third-order valence-corrected chi connectivity index (χ3v) is 4.42. The maximum Gasteiger partial charge on any atom is 0.308 e. The van der Waals surface area contributed by atoms with Crippen molar-refractivity contribution in [2.75, 3.05) is 20.3 Å². The predicted molar refractivity (Wildman–Crippen MR) is 80.3 cm³/mol. The lowest BCUT2D eigenvalue weighted by molar-refractivity contribution is -0.162. The molecule has 1 aliphatic heterocycles. The zero-order valence-corrected chi connectivity index (χ0v) is 13.4. The molecule has 1 aromatic rings. The fraction of sp³-hybridized carbons (Fsp3) is 0.429. The Balaban J connectivity index is 2.00. The van der Waals surface area contributed by atoms with Crippen LogP contribution in [0.1, 0.15) is 12.0 Å². The molecule has 1 saturated heterocycles. The van der Waals surface area contributed by atoms with Crippen LogP contribution >= 0.6 is 0 Å². The van der Waals surface area contributed by atoms with Crippen molar-refractivity contribution >= 4 is 21.9 Å². The molecular weight excluding hydrogens is 324 g/mol. The number of benzene rings is 1. The fourth-order valence-electron chi connectivity index (χ4n) is 2.11. The lowest BCUT2D eigenvalue weighted by Gasteiger charge is -2.31. The van der Waals surface area contributed by atoms with E-state index < -0.39 is 28.0 Å². The van der Waals surface area contributed by atoms with Gasteiger partial charge < -0.3 is 9.47 Å². The molecule has 1 N–H and O–H groups in total. The first kappa shape index (κ1) is 17.4. The topological polar surface area (TPSA) is 102 Å². The number of hydrazine groups is 1. The molecule has 0 saturated carbocycles. The van der Waals surface area contributed by atoms with Crippen molar-refractivity contribution in [3.63, 3.8) is 0 Å². The van der Waals surface area contributed by atoms with Gasteiger partial charge in [-0.2, -0.15) is 0 Å². The van der Waals surface area contributed by atoms with Crippen LogP contribution in [0.5, 0.6) is 0 Å². The molecule has 126 valence electrons. The number of rotatable bonds is 6. The number of methoxy groups -OCH3 is 1. The molecule has 0 bridgehead atoms. The summed E-state index contributed by atoms with van der Waals surface area (Å²) in [6.45, 7) is 0.200. The van der Waals surface area contributed by atoms with Gasteiger partial charge in [0.1, 0.15) is 6.10 Å². The highest BCUT2D eigenvalue weighted by Crippen LogP contribution is 2.11. The fourth-order valence-corrected chi connectivity index (χ4v) is 3.32. The summed E-state index contributed by atoms with van der Waals surface area (Å²) in [5, 5.41) is 0.968. The van der Waals surface area contributed by atoms with Gasteiger partial charge in [0.05, 0.1) is 32.4 Å². The molecule has 1 aromatic carbocycles. The number of sulfonamides is 1. The summed E-state index contributed by atoms with van der Waals surface area (Å²) < 4.78 is 34.0. The van der Waals surface area contributed by atoms with Crippen LogP contribution in [0.2, 0.25) is 0 Å². The zero-order valence-electron chi connectivity index (χ0n) is 12.6. The molecule has 2 rings (SSSR count). The van der Waals surface area contributed by atoms with Gasteiger partial charge >= 0.3 is 5.97 Å². The van der Waals surface area contributed by atoms with E-state index in [1.165, 1.54) is 7.11 Å². The molecule has 1 aliphatic rings. The maximum atomic E-state index is 12.2. The monoisotopic (exact) mass is 342 g/mol. The van der Waals surface area contributed by atoms with Gasteiger partial charge in [-0.15, -0.1) is 4.83 Å². The summed E-state index contributed by atoms with van der Waals surface area (Å²) in [6.07, 6.45) is -1.30. The molecule has 0 unspecified atom stereocenters. The van der Waals surface area contributed by atoms with Crippen LogP contribution in [0.15, 0.2) is 30.3 Å². The number of nitrogens with zero attached hydrogens (tertiary/aromatic N) is 1. The number of nitrogens with one attached hydrogen (secondary N) is 1. The summed E-state index contributed by atoms with van der Waals surface area (Å²) in [5.41, 5.74) is 0.604. The number of carbonyl (C=O) groups excluding carboxylic acids is 2. The average Bonchev–Trinajstić information content (AvgIpc) is 2.51. The lowest BCUT2D eigenvalue weighted by Crippen LogP contribution is -2.56. The lowest BCUT2D eigenvalue weighted by atomic mass is 10.2. The van der Waals surface area contributed by atoms with E-state index in [-0.39, 0.29) is 25.3 Å². The van der Waals surface area contributed by atoms with Crippen LogP contribution in [-0.2, 0) is 34.8 Å². The van der Waals surface area contributed by atoms with Crippen LogP contribution in [-0.4, -0.2) is 51.7 Å². The first-order valence-electron chi connectivity index (χ1n) is 6.95. The highest BCUT2D eigenvalue weighted by Gasteiger charge is 2.33. The van der Waals surface area contributed by atoms with Gasteiger partial charge in [-0.25, -0.2) is 8.42 Å². The Morgan fingerprint density at radius 2 is 2.09 bits per heavy atom. The third-order valence-electron chi connectivity index (χ3n) is 3.20. The van der Waals surface area contributed by atoms with E-state index in [1.807, 2.05) is 0 Å². The number of ether oxygens (including phenoxy) is 2. The molecule has 0 aromatic heterocycles. The van der Waals surface area contributed by atoms with E-state index in [4.69, 9.17) is 4.74 Å². The predicted octanol–water partition coefficient (Wildman–Crippen LogP) is -0.188. The molecule has 23 heavy (non-hydrogen) atoms. The normalized spacial score (nSPS) is 18.7. The van der Waals surface area contributed by atoms with Gasteiger partial charge in [-0.3, -0.25) is 14.6 Å². The number of hydrogen-bond donors (Lipinski definition) is 1. The number of morpholine rings is 1. The van der Waals surface area contributed by atoms with Gasteiger partial charge in [0.2, 0.25) is 10.0 Å². The summed E-state index contributed by atoms with van der Waals surface area (Å²) in [6, 6.07) is 8.61. The van der Waals surface area contributed by atoms with Crippen LogP contribution in [0.3, 0.4) is 0 Å². The Morgan fingerprint density at radius 1 is 1.39 bits per heavy atom. The summed E-state index contributed by atoms with van der Waals surface area (Å²) in [4.78, 5) is 25.7. The first-order chi connectivity index (χ1) is 10.9. The molecule has 9 heteroatoms. The summed E-state index contributed by atoms with van der Waals surface area (Å²) in [7, 11) is -2.54. The molecule has 1 amide bonds. The van der Waals surface area contributed by atoms with Gasteiger partial charge in [0.15, 0.2) is 0 Å². The third kappa shape index (κ3) is 5.02. The highest BCUT2D eigenvalue weighted by atomic mass is 32.2. The zero-order chi connectivity index (χ0) is 16.9.